The third kappa shape index (κ3) is 2.17. The summed E-state index contributed by atoms with van der Waals surface area (Å²) in [5.41, 5.74) is -0.327. The van der Waals surface area contributed by atoms with Crippen molar-refractivity contribution in [3.05, 3.63) is 38.0 Å². The van der Waals surface area contributed by atoms with Crippen LogP contribution in [0.5, 0.6) is 0 Å². The molecule has 0 saturated heterocycles. The molecule has 0 radical (unpaired) electrons. The van der Waals surface area contributed by atoms with Crippen LogP contribution in [-0.2, 0) is 6.18 Å². The van der Waals surface area contributed by atoms with Crippen LogP contribution < -0.4 is 0 Å². The van der Waals surface area contributed by atoms with Gasteiger partial charge in [0.25, 0.3) is 0 Å². The zero-order valence-electron chi connectivity index (χ0n) is 7.65. The van der Waals surface area contributed by atoms with E-state index >= 15 is 0 Å². The van der Waals surface area contributed by atoms with E-state index < -0.39 is 11.7 Å². The highest BCUT2D eigenvalue weighted by molar-refractivity contribution is 14.1. The molecule has 16 heavy (non-hydrogen) atoms. The van der Waals surface area contributed by atoms with Crippen LogP contribution in [0.1, 0.15) is 5.56 Å². The van der Waals surface area contributed by atoms with Crippen molar-refractivity contribution >= 4 is 49.4 Å². The molecule has 0 fully saturated rings. The minimum Gasteiger partial charge on any atom is -0.254 e. The minimum absolute atomic E-state index is 0.119. The maximum Gasteiger partial charge on any atom is 0.417 e. The lowest BCUT2D eigenvalue weighted by molar-refractivity contribution is -0.136. The first-order valence-corrected chi connectivity index (χ1v) is 6.08. The number of hydrogen-bond acceptors (Lipinski definition) is 1. The molecule has 0 bridgehead atoms. The van der Waals surface area contributed by atoms with Gasteiger partial charge >= 0.3 is 6.18 Å². The molecular weight excluding hydrogens is 398 g/mol. The van der Waals surface area contributed by atoms with Crippen molar-refractivity contribution in [2.24, 2.45) is 0 Å². The lowest BCUT2D eigenvalue weighted by Crippen LogP contribution is -2.06. The number of hydrogen-bond donors (Lipinski definition) is 0. The Hall–Kier alpha value is -0.370. The summed E-state index contributed by atoms with van der Waals surface area (Å²) in [5.74, 6) is 0. The average molecular weight is 402 g/mol. The number of nitrogens with zero attached hydrogens (tertiary/aromatic N) is 1. The Kier molecular flexibility index (Phi) is 3.13. The van der Waals surface area contributed by atoms with Crippen molar-refractivity contribution in [3.63, 3.8) is 0 Å². The highest BCUT2D eigenvalue weighted by Gasteiger charge is 2.33. The molecule has 0 N–H and O–H groups in total. The average Bonchev–Trinajstić information content (AvgIpc) is 2.15. The fourth-order valence-electron chi connectivity index (χ4n) is 1.41. The predicted octanol–water partition coefficient (Wildman–Crippen LogP) is 4.62. The lowest BCUT2D eigenvalue weighted by Gasteiger charge is -2.11. The first-order valence-electron chi connectivity index (χ1n) is 4.20. The summed E-state index contributed by atoms with van der Waals surface area (Å²) in [5, 5.41) is 0.119. The van der Waals surface area contributed by atoms with E-state index in [1.165, 1.54) is 18.3 Å². The Morgan fingerprint density at radius 1 is 1.25 bits per heavy atom. The molecule has 0 amide bonds. The van der Waals surface area contributed by atoms with Crippen LogP contribution in [0.15, 0.2) is 28.9 Å². The number of alkyl halides is 3. The van der Waals surface area contributed by atoms with Gasteiger partial charge in [0.2, 0.25) is 0 Å². The summed E-state index contributed by atoms with van der Waals surface area (Å²) in [6.07, 6.45) is -2.82. The Morgan fingerprint density at radius 3 is 2.56 bits per heavy atom. The van der Waals surface area contributed by atoms with Crippen LogP contribution in [0.25, 0.3) is 10.9 Å². The second-order valence-corrected chi connectivity index (χ2v) is 5.24. The molecule has 0 aliphatic carbocycles. The Bertz CT molecular complexity index is 553. The van der Waals surface area contributed by atoms with Crippen LogP contribution in [-0.4, -0.2) is 4.98 Å². The van der Waals surface area contributed by atoms with Gasteiger partial charge in [-0.3, -0.25) is 4.98 Å². The number of benzene rings is 1. The molecule has 0 unspecified atom stereocenters. The van der Waals surface area contributed by atoms with Gasteiger partial charge in [-0.1, -0.05) is 0 Å². The van der Waals surface area contributed by atoms with Crippen molar-refractivity contribution in [2.75, 3.05) is 0 Å². The molecule has 1 aromatic heterocycles. The zero-order chi connectivity index (χ0) is 11.9. The third-order valence-corrected chi connectivity index (χ3v) is 3.30. The van der Waals surface area contributed by atoms with Crippen molar-refractivity contribution < 1.29 is 13.2 Å². The summed E-state index contributed by atoms with van der Waals surface area (Å²) >= 11 is 5.13. The Morgan fingerprint density at radius 2 is 1.94 bits per heavy atom. The van der Waals surface area contributed by atoms with Crippen molar-refractivity contribution in [3.8, 4) is 0 Å². The summed E-state index contributed by atoms with van der Waals surface area (Å²) in [6.45, 7) is 0. The van der Waals surface area contributed by atoms with Gasteiger partial charge < -0.3 is 0 Å². The van der Waals surface area contributed by atoms with Gasteiger partial charge in [-0.15, -0.1) is 0 Å². The lowest BCUT2D eigenvalue weighted by atomic mass is 10.1. The molecular formula is C10H4BrF3IN. The van der Waals surface area contributed by atoms with E-state index in [0.29, 0.717) is 13.6 Å². The molecule has 2 rings (SSSR count). The summed E-state index contributed by atoms with van der Waals surface area (Å²) < 4.78 is 39.4. The van der Waals surface area contributed by atoms with Gasteiger partial charge in [0.15, 0.2) is 0 Å². The fourth-order valence-corrected chi connectivity index (χ4v) is 2.31. The number of pyridine rings is 1. The standard InChI is InChI=1S/C10H4BrF3IN/c11-8-2-1-7(10(12,13)14)6-3-5(15)4-16-9(6)8/h1-4H. The molecule has 0 aliphatic rings. The largest absolute Gasteiger partial charge is 0.417 e. The minimum atomic E-state index is -4.36. The predicted molar refractivity (Wildman–Crippen MR) is 67.2 cm³/mol. The van der Waals surface area contributed by atoms with Crippen LogP contribution in [0.3, 0.4) is 0 Å². The zero-order valence-corrected chi connectivity index (χ0v) is 11.4. The smallest absolute Gasteiger partial charge is 0.254 e. The number of fused-ring (bicyclic) bond motifs is 1. The van der Waals surface area contributed by atoms with E-state index in [2.05, 4.69) is 20.9 Å². The molecule has 84 valence electrons. The highest BCUT2D eigenvalue weighted by atomic mass is 127. The van der Waals surface area contributed by atoms with Crippen LogP contribution >= 0.6 is 38.5 Å². The van der Waals surface area contributed by atoms with E-state index in [0.717, 1.165) is 6.07 Å². The molecule has 0 atom stereocenters. The summed E-state index contributed by atoms with van der Waals surface area (Å²) in [7, 11) is 0. The molecule has 0 saturated carbocycles. The van der Waals surface area contributed by atoms with Crippen molar-refractivity contribution in [1.82, 2.24) is 4.98 Å². The number of rotatable bonds is 0. The maximum absolute atomic E-state index is 12.7. The van der Waals surface area contributed by atoms with Crippen LogP contribution in [0, 0.1) is 3.57 Å². The second-order valence-electron chi connectivity index (χ2n) is 3.14. The highest BCUT2D eigenvalue weighted by Crippen LogP contribution is 2.36. The summed E-state index contributed by atoms with van der Waals surface area (Å²) in [4.78, 5) is 4.00. The molecule has 1 nitrogen and oxygen atoms in total. The fraction of sp³-hybridized carbons (Fsp3) is 0.100. The first kappa shape index (κ1) is 12.1. The van der Waals surface area contributed by atoms with Gasteiger partial charge in [0.05, 0.1) is 11.1 Å². The van der Waals surface area contributed by atoms with Gasteiger partial charge in [0.1, 0.15) is 0 Å². The quantitative estimate of drug-likeness (QED) is 0.587. The van der Waals surface area contributed by atoms with E-state index in [1.807, 2.05) is 22.6 Å². The topological polar surface area (TPSA) is 12.9 Å². The van der Waals surface area contributed by atoms with Crippen molar-refractivity contribution in [2.45, 2.75) is 6.18 Å². The first-order chi connectivity index (χ1) is 7.39. The monoisotopic (exact) mass is 401 g/mol. The molecule has 6 heteroatoms. The SMILES string of the molecule is FC(F)(F)c1ccc(Br)c2ncc(I)cc12. The van der Waals surface area contributed by atoms with Crippen LogP contribution in [0.2, 0.25) is 0 Å². The maximum atomic E-state index is 12.7. The normalized spacial score (nSPS) is 12.1. The van der Waals surface area contributed by atoms with E-state index in [-0.39, 0.29) is 5.39 Å². The van der Waals surface area contributed by atoms with E-state index in [1.54, 1.807) is 0 Å². The molecule has 0 aliphatic heterocycles. The number of aromatic nitrogens is 1. The van der Waals surface area contributed by atoms with Crippen LogP contribution in [0.4, 0.5) is 13.2 Å². The second kappa shape index (κ2) is 4.14. The molecule has 1 aromatic carbocycles. The Labute approximate surface area is 111 Å². The Balaban J connectivity index is 2.86. The van der Waals surface area contributed by atoms with Gasteiger partial charge in [-0.25, -0.2) is 0 Å². The molecule has 2 aromatic rings. The van der Waals surface area contributed by atoms with Gasteiger partial charge in [-0.2, -0.15) is 13.2 Å². The van der Waals surface area contributed by atoms with Crippen molar-refractivity contribution in [1.29, 1.82) is 0 Å². The van der Waals surface area contributed by atoms with E-state index in [9.17, 15) is 13.2 Å². The van der Waals surface area contributed by atoms with Gasteiger partial charge in [0, 0.05) is 19.6 Å². The van der Waals surface area contributed by atoms with Gasteiger partial charge in [-0.05, 0) is 56.7 Å². The van der Waals surface area contributed by atoms with E-state index in [4.69, 9.17) is 0 Å². The summed E-state index contributed by atoms with van der Waals surface area (Å²) in [6, 6.07) is 3.91. The molecule has 1 heterocycles. The number of halogens is 5. The third-order valence-electron chi connectivity index (χ3n) is 2.07. The molecule has 0 spiro atoms.